The number of nitrogens with zero attached hydrogens (tertiary/aromatic N) is 2. The van der Waals surface area contributed by atoms with Gasteiger partial charge in [-0.2, -0.15) is 0 Å². The maximum atomic E-state index is 12.4. The van der Waals surface area contributed by atoms with Crippen LogP contribution < -0.4 is 0 Å². The first-order valence-electron chi connectivity index (χ1n) is 13.3. The molecule has 0 N–H and O–H groups in total. The number of imide groups is 1. The Morgan fingerprint density at radius 1 is 0.806 bits per heavy atom. The van der Waals surface area contributed by atoms with Gasteiger partial charge in [0.2, 0.25) is 17.7 Å². The molecule has 0 saturated carbocycles. The predicted molar refractivity (Wildman–Crippen MR) is 136 cm³/mol. The van der Waals surface area contributed by atoms with Crippen molar-refractivity contribution in [2.75, 3.05) is 72.5 Å². The van der Waals surface area contributed by atoms with Crippen LogP contribution in [0.2, 0.25) is 0 Å². The highest BCUT2D eigenvalue weighted by molar-refractivity contribution is 6.03. The van der Waals surface area contributed by atoms with E-state index in [2.05, 4.69) is 20.8 Å². The molecule has 0 radical (unpaired) electrons. The second kappa shape index (κ2) is 14.4. The third kappa shape index (κ3) is 10.1. The molecule has 2 aliphatic rings. The Balaban J connectivity index is 1.37. The molecule has 3 amide bonds. The Morgan fingerprint density at radius 3 is 1.81 bits per heavy atom. The van der Waals surface area contributed by atoms with E-state index in [0.717, 1.165) is 19.5 Å². The zero-order valence-electron chi connectivity index (χ0n) is 23.3. The van der Waals surface area contributed by atoms with E-state index in [0.29, 0.717) is 65.2 Å². The molecule has 208 valence electrons. The lowest BCUT2D eigenvalue weighted by molar-refractivity contribution is -0.141. The number of hydrogen-bond donors (Lipinski definition) is 0. The molecule has 36 heavy (non-hydrogen) atoms. The molecule has 0 aromatic heterocycles. The summed E-state index contributed by atoms with van der Waals surface area (Å²) < 4.78 is 22.0. The van der Waals surface area contributed by atoms with Crippen LogP contribution in [0.3, 0.4) is 0 Å². The van der Waals surface area contributed by atoms with Gasteiger partial charge in [0.25, 0.3) is 0 Å². The Labute approximate surface area is 217 Å². The SMILES string of the molecule is CC(C)(C)C1CCN(C(=O)CCOCCOCCOCCOCCN2C(=O)CC(C(C)(C)C)C2=O)C1. The highest BCUT2D eigenvalue weighted by Crippen LogP contribution is 2.35. The summed E-state index contributed by atoms with van der Waals surface area (Å²) in [7, 11) is 0. The molecule has 2 rings (SSSR count). The Morgan fingerprint density at radius 2 is 1.33 bits per heavy atom. The topological polar surface area (TPSA) is 94.6 Å². The predicted octanol–water partition coefficient (Wildman–Crippen LogP) is 2.76. The van der Waals surface area contributed by atoms with E-state index in [9.17, 15) is 14.4 Å². The summed E-state index contributed by atoms with van der Waals surface area (Å²) in [5.74, 6) is 0.273. The number of amides is 3. The van der Waals surface area contributed by atoms with E-state index in [1.807, 2.05) is 25.7 Å². The minimum Gasteiger partial charge on any atom is -0.379 e. The van der Waals surface area contributed by atoms with Crippen molar-refractivity contribution in [2.24, 2.45) is 22.7 Å². The van der Waals surface area contributed by atoms with Crippen molar-refractivity contribution in [2.45, 2.75) is 60.8 Å². The maximum absolute atomic E-state index is 12.4. The van der Waals surface area contributed by atoms with Crippen molar-refractivity contribution in [1.82, 2.24) is 9.80 Å². The molecule has 2 fully saturated rings. The molecule has 2 atom stereocenters. The summed E-state index contributed by atoms with van der Waals surface area (Å²) in [4.78, 5) is 40.1. The van der Waals surface area contributed by atoms with E-state index < -0.39 is 0 Å². The fraction of sp³-hybridized carbons (Fsp3) is 0.889. The van der Waals surface area contributed by atoms with Crippen molar-refractivity contribution < 1.29 is 33.3 Å². The van der Waals surface area contributed by atoms with Gasteiger partial charge in [0.15, 0.2) is 0 Å². The summed E-state index contributed by atoms with van der Waals surface area (Å²) in [6, 6.07) is 0. The summed E-state index contributed by atoms with van der Waals surface area (Å²) in [5.41, 5.74) is 0.0276. The second-order valence-electron chi connectivity index (χ2n) is 11.9. The number of carbonyl (C=O) groups excluding carboxylic acids is 3. The van der Waals surface area contributed by atoms with Crippen LogP contribution in [0.15, 0.2) is 0 Å². The Bertz CT molecular complexity index is 714. The molecule has 9 heteroatoms. The van der Waals surface area contributed by atoms with Crippen LogP contribution in [0.25, 0.3) is 0 Å². The summed E-state index contributed by atoms with van der Waals surface area (Å²) in [6.07, 6.45) is 1.78. The lowest BCUT2D eigenvalue weighted by Gasteiger charge is -2.27. The third-order valence-electron chi connectivity index (χ3n) is 7.09. The molecule has 0 bridgehead atoms. The minimum absolute atomic E-state index is 0.0964. The van der Waals surface area contributed by atoms with Crippen molar-refractivity contribution in [3.05, 3.63) is 0 Å². The van der Waals surface area contributed by atoms with Crippen molar-refractivity contribution in [3.63, 3.8) is 0 Å². The number of hydrogen-bond acceptors (Lipinski definition) is 7. The quantitative estimate of drug-likeness (QED) is 0.246. The number of carbonyl (C=O) groups is 3. The van der Waals surface area contributed by atoms with Gasteiger partial charge < -0.3 is 23.8 Å². The number of rotatable bonds is 15. The molecule has 0 spiro atoms. The van der Waals surface area contributed by atoms with Gasteiger partial charge in [-0.05, 0) is 23.2 Å². The fourth-order valence-electron chi connectivity index (χ4n) is 4.52. The molecule has 2 heterocycles. The average Bonchev–Trinajstić information content (AvgIpc) is 3.39. The number of ether oxygens (including phenoxy) is 4. The van der Waals surface area contributed by atoms with Crippen molar-refractivity contribution >= 4 is 17.7 Å². The van der Waals surface area contributed by atoms with Gasteiger partial charge in [-0.3, -0.25) is 19.3 Å². The maximum Gasteiger partial charge on any atom is 0.233 e. The lowest BCUT2D eigenvalue weighted by Crippen LogP contribution is -2.36. The molecule has 0 aromatic rings. The fourth-order valence-corrected chi connectivity index (χ4v) is 4.52. The first-order valence-corrected chi connectivity index (χ1v) is 13.3. The first kappa shape index (κ1) is 30.7. The minimum atomic E-state index is -0.252. The van der Waals surface area contributed by atoms with Gasteiger partial charge in [-0.25, -0.2) is 0 Å². The zero-order chi connectivity index (χ0) is 26.8. The van der Waals surface area contributed by atoms with E-state index in [-0.39, 0.29) is 47.4 Å². The Hall–Kier alpha value is -1.55. The average molecular weight is 513 g/mol. The zero-order valence-corrected chi connectivity index (χ0v) is 23.3. The molecule has 0 aromatic carbocycles. The van der Waals surface area contributed by atoms with Crippen LogP contribution >= 0.6 is 0 Å². The van der Waals surface area contributed by atoms with Crippen LogP contribution in [0.1, 0.15) is 60.8 Å². The standard InChI is InChI=1S/C27H48N2O7/c1-26(2,3)21-7-9-28(20-21)23(30)8-11-33-13-15-35-17-18-36-16-14-34-12-10-29-24(31)19-22(25(29)32)27(4,5)6/h21-22H,7-20H2,1-6H3. The summed E-state index contributed by atoms with van der Waals surface area (Å²) >= 11 is 0. The highest BCUT2D eigenvalue weighted by Gasteiger charge is 2.44. The van der Waals surface area contributed by atoms with Crippen LogP contribution in [0.5, 0.6) is 0 Å². The monoisotopic (exact) mass is 512 g/mol. The van der Waals surface area contributed by atoms with E-state index >= 15 is 0 Å². The highest BCUT2D eigenvalue weighted by atomic mass is 16.6. The molecule has 2 saturated heterocycles. The van der Waals surface area contributed by atoms with Gasteiger partial charge in [-0.15, -0.1) is 0 Å². The van der Waals surface area contributed by atoms with Crippen LogP contribution in [-0.4, -0.2) is 100 Å². The van der Waals surface area contributed by atoms with Gasteiger partial charge in [-0.1, -0.05) is 41.5 Å². The van der Waals surface area contributed by atoms with Crippen molar-refractivity contribution in [1.29, 1.82) is 0 Å². The van der Waals surface area contributed by atoms with Gasteiger partial charge >= 0.3 is 0 Å². The number of likely N-dealkylation sites (tertiary alicyclic amines) is 2. The normalized spacial score (nSPS) is 21.2. The van der Waals surface area contributed by atoms with Gasteiger partial charge in [0, 0.05) is 19.5 Å². The third-order valence-corrected chi connectivity index (χ3v) is 7.09. The molecule has 0 aliphatic carbocycles. The Kier molecular flexibility index (Phi) is 12.3. The van der Waals surface area contributed by atoms with Gasteiger partial charge in [0.05, 0.1) is 71.7 Å². The van der Waals surface area contributed by atoms with Gasteiger partial charge in [0.1, 0.15) is 0 Å². The smallest absolute Gasteiger partial charge is 0.233 e. The molecule has 2 unspecified atom stereocenters. The molecular weight excluding hydrogens is 464 g/mol. The van der Waals surface area contributed by atoms with Crippen LogP contribution in [-0.2, 0) is 33.3 Å². The van der Waals surface area contributed by atoms with E-state index in [1.165, 1.54) is 4.90 Å². The largest absolute Gasteiger partial charge is 0.379 e. The summed E-state index contributed by atoms with van der Waals surface area (Å²) in [5, 5.41) is 0. The summed E-state index contributed by atoms with van der Waals surface area (Å²) in [6.45, 7) is 18.0. The second-order valence-corrected chi connectivity index (χ2v) is 11.9. The van der Waals surface area contributed by atoms with Crippen LogP contribution in [0.4, 0.5) is 0 Å². The van der Waals surface area contributed by atoms with Crippen molar-refractivity contribution in [3.8, 4) is 0 Å². The van der Waals surface area contributed by atoms with E-state index in [4.69, 9.17) is 18.9 Å². The molecular formula is C27H48N2O7. The lowest BCUT2D eigenvalue weighted by atomic mass is 9.80. The first-order chi connectivity index (χ1) is 16.9. The van der Waals surface area contributed by atoms with E-state index in [1.54, 1.807) is 0 Å². The molecule has 9 nitrogen and oxygen atoms in total. The molecule has 2 aliphatic heterocycles. The van der Waals surface area contributed by atoms with Crippen LogP contribution in [0, 0.1) is 22.7 Å².